The van der Waals surface area contributed by atoms with Gasteiger partial charge in [-0.05, 0) is 47.4 Å². The van der Waals surface area contributed by atoms with Crippen molar-refractivity contribution in [2.45, 2.75) is 41.3 Å². The van der Waals surface area contributed by atoms with Crippen molar-refractivity contribution in [3.63, 3.8) is 0 Å². The maximum Gasteiger partial charge on any atom is 0.329 e. The number of rotatable bonds is 11. The van der Waals surface area contributed by atoms with Gasteiger partial charge in [0.25, 0.3) is 0 Å². The molecule has 9 nitrogen and oxygen atoms in total. The first kappa shape index (κ1) is 29.0. The van der Waals surface area contributed by atoms with E-state index in [4.69, 9.17) is 10.5 Å². The van der Waals surface area contributed by atoms with Crippen LogP contribution in [0.1, 0.15) is 16.7 Å². The number of carbonyl (C=O) groups excluding carboxylic acids is 2. The molecule has 38 heavy (non-hydrogen) atoms. The molecule has 0 radical (unpaired) electrons. The molecule has 3 rings (SSSR count). The Morgan fingerprint density at radius 1 is 0.763 bits per heavy atom. The number of esters is 1. The number of benzene rings is 3. The van der Waals surface area contributed by atoms with Crippen molar-refractivity contribution in [3.05, 3.63) is 95.6 Å². The van der Waals surface area contributed by atoms with E-state index in [0.29, 0.717) is 11.1 Å². The Hall–Kier alpha value is -3.54. The van der Waals surface area contributed by atoms with Gasteiger partial charge in [-0.3, -0.25) is 4.79 Å². The first-order valence-electron chi connectivity index (χ1n) is 11.7. The molecule has 3 N–H and O–H groups in total. The molecule has 3 aromatic carbocycles. The highest BCUT2D eigenvalue weighted by molar-refractivity contribution is 7.91. The molecule has 0 aliphatic heterocycles. The minimum absolute atomic E-state index is 0.0141. The fraction of sp³-hybridized carbons (Fsp3) is 0.259. The van der Waals surface area contributed by atoms with Crippen molar-refractivity contribution in [1.82, 2.24) is 5.32 Å². The number of nitrogens with one attached hydrogen (secondary N) is 1. The van der Waals surface area contributed by atoms with Crippen LogP contribution in [-0.4, -0.2) is 53.3 Å². The van der Waals surface area contributed by atoms with Crippen LogP contribution in [0.5, 0.6) is 0 Å². The summed E-state index contributed by atoms with van der Waals surface area (Å²) in [5.41, 5.74) is 7.91. The molecule has 2 atom stereocenters. The second kappa shape index (κ2) is 12.3. The van der Waals surface area contributed by atoms with E-state index >= 15 is 0 Å². The molecule has 11 heteroatoms. The van der Waals surface area contributed by atoms with Crippen molar-refractivity contribution in [2.24, 2.45) is 5.73 Å². The van der Waals surface area contributed by atoms with Gasteiger partial charge in [-0.1, -0.05) is 54.6 Å². The highest BCUT2D eigenvalue weighted by atomic mass is 32.2. The maximum atomic E-state index is 13.0. The van der Waals surface area contributed by atoms with Gasteiger partial charge in [-0.25, -0.2) is 21.6 Å². The summed E-state index contributed by atoms with van der Waals surface area (Å²) in [4.78, 5) is 26.2. The highest BCUT2D eigenvalue weighted by Crippen LogP contribution is 2.15. The van der Waals surface area contributed by atoms with E-state index in [1.54, 1.807) is 48.5 Å². The summed E-state index contributed by atoms with van der Waals surface area (Å²) < 4.78 is 53.1. The van der Waals surface area contributed by atoms with Gasteiger partial charge in [0.2, 0.25) is 5.91 Å². The molecule has 0 aromatic heterocycles. The zero-order valence-corrected chi connectivity index (χ0v) is 22.7. The van der Waals surface area contributed by atoms with Gasteiger partial charge in [-0.2, -0.15) is 0 Å². The molecule has 0 bridgehead atoms. The number of hydrogen-bond acceptors (Lipinski definition) is 8. The number of ether oxygens (including phenoxy) is 1. The van der Waals surface area contributed by atoms with Gasteiger partial charge in [0.05, 0.1) is 15.8 Å². The maximum absolute atomic E-state index is 13.0. The smallest absolute Gasteiger partial charge is 0.329 e. The lowest BCUT2D eigenvalue weighted by atomic mass is 10.0. The van der Waals surface area contributed by atoms with Crippen molar-refractivity contribution in [2.75, 3.05) is 12.5 Å². The van der Waals surface area contributed by atoms with Crippen LogP contribution in [-0.2, 0) is 53.4 Å². The second-order valence-corrected chi connectivity index (χ2v) is 13.0. The van der Waals surface area contributed by atoms with Gasteiger partial charge >= 0.3 is 5.97 Å². The summed E-state index contributed by atoms with van der Waals surface area (Å²) >= 11 is 0. The van der Waals surface area contributed by atoms with Gasteiger partial charge in [-0.15, -0.1) is 0 Å². The van der Waals surface area contributed by atoms with Crippen LogP contribution in [0, 0.1) is 0 Å². The third kappa shape index (κ3) is 8.51. The van der Waals surface area contributed by atoms with E-state index in [1.165, 1.54) is 24.3 Å². The van der Waals surface area contributed by atoms with Gasteiger partial charge in [0.15, 0.2) is 19.7 Å². The highest BCUT2D eigenvalue weighted by Gasteiger charge is 2.26. The SMILES string of the molecule is CS(=O)(=O)c1cccc(C[C@H](NC(=O)[C@@H](N)Cc2cccc(S(C)(=O)=O)c2)C(=O)OCc2ccccc2)c1. The fourth-order valence-electron chi connectivity index (χ4n) is 3.69. The minimum atomic E-state index is -3.48. The number of sulfone groups is 2. The summed E-state index contributed by atoms with van der Waals surface area (Å²) in [5.74, 6) is -1.35. The minimum Gasteiger partial charge on any atom is -0.459 e. The number of hydrogen-bond donors (Lipinski definition) is 2. The average molecular weight is 559 g/mol. The Kier molecular flexibility index (Phi) is 9.42. The first-order chi connectivity index (χ1) is 17.8. The van der Waals surface area contributed by atoms with Crippen LogP contribution in [0.4, 0.5) is 0 Å². The van der Waals surface area contributed by atoms with E-state index in [1.807, 2.05) is 6.07 Å². The van der Waals surface area contributed by atoms with Crippen molar-refractivity contribution in [3.8, 4) is 0 Å². The molecular weight excluding hydrogens is 528 g/mol. The fourth-order valence-corrected chi connectivity index (χ4v) is 5.07. The van der Waals surface area contributed by atoms with Crippen LogP contribution in [0.25, 0.3) is 0 Å². The van der Waals surface area contributed by atoms with E-state index in [2.05, 4.69) is 5.32 Å². The standard InChI is InChI=1S/C27H30N2O7S2/c1-37(32,33)22-12-6-10-20(14-22)16-24(28)26(30)29-25(27(31)36-18-19-8-4-3-5-9-19)17-21-11-7-13-23(15-21)38(2,34)35/h3-15,24-25H,16-18,28H2,1-2H3,(H,29,30)/t24-,25-/m0/s1. The zero-order valence-electron chi connectivity index (χ0n) is 21.0. The molecule has 0 unspecified atom stereocenters. The zero-order chi connectivity index (χ0) is 27.9. The number of nitrogens with two attached hydrogens (primary N) is 1. The second-order valence-electron chi connectivity index (χ2n) is 9.01. The van der Waals surface area contributed by atoms with Crippen molar-refractivity contribution in [1.29, 1.82) is 0 Å². The monoisotopic (exact) mass is 558 g/mol. The van der Waals surface area contributed by atoms with Crippen LogP contribution in [0.2, 0.25) is 0 Å². The largest absolute Gasteiger partial charge is 0.459 e. The Morgan fingerprint density at radius 3 is 1.79 bits per heavy atom. The summed E-state index contributed by atoms with van der Waals surface area (Å²) in [6.45, 7) is -0.0141. The first-order valence-corrected chi connectivity index (χ1v) is 15.5. The third-order valence-corrected chi connectivity index (χ3v) is 7.93. The Balaban J connectivity index is 1.78. The van der Waals surface area contributed by atoms with Gasteiger partial charge < -0.3 is 15.8 Å². The Labute approximate surface area is 222 Å². The van der Waals surface area contributed by atoms with E-state index < -0.39 is 43.6 Å². The predicted octanol–water partition coefficient (Wildman–Crippen LogP) is 1.83. The molecule has 3 aromatic rings. The molecular formula is C27H30N2O7S2. The molecule has 0 saturated heterocycles. The van der Waals surface area contributed by atoms with E-state index in [0.717, 1.165) is 18.1 Å². The molecule has 202 valence electrons. The van der Waals surface area contributed by atoms with Crippen LogP contribution < -0.4 is 11.1 Å². The summed E-state index contributed by atoms with van der Waals surface area (Å²) in [6.07, 6.45) is 2.17. The number of amides is 1. The molecule has 1 amide bonds. The van der Waals surface area contributed by atoms with Crippen molar-refractivity contribution >= 4 is 31.6 Å². The van der Waals surface area contributed by atoms with Crippen LogP contribution >= 0.6 is 0 Å². The number of carbonyl (C=O) groups is 2. The van der Waals surface area contributed by atoms with Gasteiger partial charge in [0, 0.05) is 18.9 Å². The topological polar surface area (TPSA) is 150 Å². The molecule has 0 heterocycles. The van der Waals surface area contributed by atoms with Crippen molar-refractivity contribution < 1.29 is 31.2 Å². The lowest BCUT2D eigenvalue weighted by Crippen LogP contribution is -2.50. The third-order valence-electron chi connectivity index (χ3n) is 5.71. The Morgan fingerprint density at radius 2 is 1.26 bits per heavy atom. The van der Waals surface area contributed by atoms with Gasteiger partial charge in [0.1, 0.15) is 12.6 Å². The molecule has 0 fully saturated rings. The molecule has 0 aliphatic carbocycles. The van der Waals surface area contributed by atoms with E-state index in [-0.39, 0.29) is 29.2 Å². The summed E-state index contributed by atoms with van der Waals surface area (Å²) in [7, 11) is -6.91. The predicted molar refractivity (Wildman–Crippen MR) is 143 cm³/mol. The molecule has 0 spiro atoms. The van der Waals surface area contributed by atoms with Crippen LogP contribution in [0.15, 0.2) is 88.7 Å². The van der Waals surface area contributed by atoms with E-state index in [9.17, 15) is 26.4 Å². The molecule has 0 aliphatic rings. The quantitative estimate of drug-likeness (QED) is 0.339. The molecule has 0 saturated carbocycles. The normalized spacial score (nSPS) is 13.3. The lowest BCUT2D eigenvalue weighted by Gasteiger charge is -2.21. The average Bonchev–Trinajstić information content (AvgIpc) is 2.86. The summed E-state index contributed by atoms with van der Waals surface area (Å²) in [6, 6.07) is 19.0. The Bertz CT molecular complexity index is 1510. The lowest BCUT2D eigenvalue weighted by molar-refractivity contribution is -0.149. The summed E-state index contributed by atoms with van der Waals surface area (Å²) in [5, 5.41) is 2.62. The van der Waals surface area contributed by atoms with Crippen LogP contribution in [0.3, 0.4) is 0 Å².